The zero-order valence-corrected chi connectivity index (χ0v) is 11.1. The standard InChI is InChI=1S/C14H18F2N2O2/c1-2-7-18(8-9-19)14(20)17-6-5-11-3-4-12(15)10-13(11)16/h2-4,10,19H,1,5-9H2,(H,17,20). The molecule has 1 rings (SSSR count). The van der Waals surface area contributed by atoms with Gasteiger partial charge in [0.2, 0.25) is 0 Å². The van der Waals surface area contributed by atoms with E-state index in [9.17, 15) is 13.6 Å². The van der Waals surface area contributed by atoms with Gasteiger partial charge in [-0.25, -0.2) is 13.6 Å². The summed E-state index contributed by atoms with van der Waals surface area (Å²) in [6.07, 6.45) is 1.81. The third-order valence-corrected chi connectivity index (χ3v) is 2.69. The van der Waals surface area contributed by atoms with E-state index < -0.39 is 11.6 Å². The smallest absolute Gasteiger partial charge is 0.317 e. The number of aliphatic hydroxyl groups excluding tert-OH is 1. The molecule has 6 heteroatoms. The quantitative estimate of drug-likeness (QED) is 0.749. The number of hydrogen-bond acceptors (Lipinski definition) is 2. The molecule has 1 aromatic rings. The third-order valence-electron chi connectivity index (χ3n) is 2.69. The van der Waals surface area contributed by atoms with Crippen LogP contribution in [0, 0.1) is 11.6 Å². The Balaban J connectivity index is 2.46. The minimum atomic E-state index is -0.629. The highest BCUT2D eigenvalue weighted by molar-refractivity contribution is 5.74. The van der Waals surface area contributed by atoms with Crippen LogP contribution >= 0.6 is 0 Å². The third kappa shape index (κ3) is 4.97. The predicted molar refractivity (Wildman–Crippen MR) is 72.3 cm³/mol. The molecule has 0 bridgehead atoms. The molecule has 0 spiro atoms. The molecule has 0 unspecified atom stereocenters. The van der Waals surface area contributed by atoms with Gasteiger partial charge in [0.05, 0.1) is 6.61 Å². The zero-order chi connectivity index (χ0) is 15.0. The Labute approximate surface area is 116 Å². The van der Waals surface area contributed by atoms with Crippen molar-refractivity contribution in [2.24, 2.45) is 0 Å². The summed E-state index contributed by atoms with van der Waals surface area (Å²) < 4.78 is 26.1. The van der Waals surface area contributed by atoms with Crippen LogP contribution < -0.4 is 5.32 Å². The second-order valence-corrected chi connectivity index (χ2v) is 4.18. The van der Waals surface area contributed by atoms with Crippen LogP contribution in [0.4, 0.5) is 13.6 Å². The zero-order valence-electron chi connectivity index (χ0n) is 11.1. The first-order valence-corrected chi connectivity index (χ1v) is 6.27. The van der Waals surface area contributed by atoms with Crippen molar-refractivity contribution < 1.29 is 18.7 Å². The van der Waals surface area contributed by atoms with Crippen LogP contribution in [0.15, 0.2) is 30.9 Å². The average Bonchev–Trinajstić information content (AvgIpc) is 2.41. The fourth-order valence-corrected chi connectivity index (χ4v) is 1.69. The van der Waals surface area contributed by atoms with Crippen LogP contribution in [0.25, 0.3) is 0 Å². The maximum Gasteiger partial charge on any atom is 0.317 e. The lowest BCUT2D eigenvalue weighted by atomic mass is 10.1. The lowest BCUT2D eigenvalue weighted by Crippen LogP contribution is -2.42. The largest absolute Gasteiger partial charge is 0.395 e. The fraction of sp³-hybridized carbons (Fsp3) is 0.357. The molecule has 0 aliphatic rings. The molecule has 0 radical (unpaired) electrons. The summed E-state index contributed by atoms with van der Waals surface area (Å²) in [6, 6.07) is 2.98. The second-order valence-electron chi connectivity index (χ2n) is 4.18. The van der Waals surface area contributed by atoms with Crippen LogP contribution in [0.3, 0.4) is 0 Å². The van der Waals surface area contributed by atoms with Gasteiger partial charge in [0, 0.05) is 25.7 Å². The van der Waals surface area contributed by atoms with Gasteiger partial charge in [-0.1, -0.05) is 12.1 Å². The van der Waals surface area contributed by atoms with Gasteiger partial charge in [0.1, 0.15) is 11.6 Å². The molecule has 2 N–H and O–H groups in total. The van der Waals surface area contributed by atoms with E-state index in [2.05, 4.69) is 11.9 Å². The number of aliphatic hydroxyl groups is 1. The van der Waals surface area contributed by atoms with Crippen molar-refractivity contribution in [3.8, 4) is 0 Å². The van der Waals surface area contributed by atoms with Crippen molar-refractivity contribution in [1.82, 2.24) is 10.2 Å². The highest BCUT2D eigenvalue weighted by Gasteiger charge is 2.11. The van der Waals surface area contributed by atoms with E-state index in [0.717, 1.165) is 6.07 Å². The molecular formula is C14H18F2N2O2. The molecule has 0 aliphatic heterocycles. The van der Waals surface area contributed by atoms with Crippen LogP contribution in [0.5, 0.6) is 0 Å². The van der Waals surface area contributed by atoms with E-state index in [-0.39, 0.29) is 32.1 Å². The molecular weight excluding hydrogens is 266 g/mol. The summed E-state index contributed by atoms with van der Waals surface area (Å²) in [5.74, 6) is -1.26. The van der Waals surface area contributed by atoms with E-state index >= 15 is 0 Å². The molecule has 0 heterocycles. The first kappa shape index (κ1) is 16.1. The molecule has 0 atom stereocenters. The minimum absolute atomic E-state index is 0.145. The van der Waals surface area contributed by atoms with Crippen LogP contribution in [-0.2, 0) is 6.42 Å². The number of rotatable bonds is 7. The number of halogens is 2. The van der Waals surface area contributed by atoms with Crippen molar-refractivity contribution in [1.29, 1.82) is 0 Å². The number of nitrogens with zero attached hydrogens (tertiary/aromatic N) is 1. The molecule has 0 aliphatic carbocycles. The molecule has 4 nitrogen and oxygen atoms in total. The predicted octanol–water partition coefficient (Wildman–Crippen LogP) is 1.70. The molecule has 2 amide bonds. The average molecular weight is 284 g/mol. The molecule has 20 heavy (non-hydrogen) atoms. The fourth-order valence-electron chi connectivity index (χ4n) is 1.69. The van der Waals surface area contributed by atoms with Crippen molar-refractivity contribution in [3.05, 3.63) is 48.1 Å². The molecule has 0 saturated carbocycles. The maximum absolute atomic E-state index is 13.4. The lowest BCUT2D eigenvalue weighted by Gasteiger charge is -2.20. The highest BCUT2D eigenvalue weighted by atomic mass is 19.1. The molecule has 110 valence electrons. The van der Waals surface area contributed by atoms with E-state index in [1.807, 2.05) is 0 Å². The summed E-state index contributed by atoms with van der Waals surface area (Å²) in [7, 11) is 0. The van der Waals surface area contributed by atoms with Crippen molar-refractivity contribution >= 4 is 6.03 Å². The normalized spacial score (nSPS) is 10.2. The molecule has 0 saturated heterocycles. The monoisotopic (exact) mass is 284 g/mol. The minimum Gasteiger partial charge on any atom is -0.395 e. The van der Waals surface area contributed by atoms with Crippen LogP contribution in [-0.4, -0.2) is 42.3 Å². The Bertz CT molecular complexity index is 466. The SMILES string of the molecule is C=CCN(CCO)C(=O)NCCc1ccc(F)cc1F. The van der Waals surface area contributed by atoms with Crippen LogP contribution in [0.2, 0.25) is 0 Å². The van der Waals surface area contributed by atoms with Gasteiger partial charge >= 0.3 is 6.03 Å². The van der Waals surface area contributed by atoms with Gasteiger partial charge in [-0.15, -0.1) is 6.58 Å². The topological polar surface area (TPSA) is 52.6 Å². The van der Waals surface area contributed by atoms with E-state index in [4.69, 9.17) is 5.11 Å². The summed E-state index contributed by atoms with van der Waals surface area (Å²) >= 11 is 0. The Morgan fingerprint density at radius 1 is 1.45 bits per heavy atom. The van der Waals surface area contributed by atoms with Gasteiger partial charge in [-0.3, -0.25) is 0 Å². The van der Waals surface area contributed by atoms with Crippen molar-refractivity contribution in [2.75, 3.05) is 26.2 Å². The number of nitrogens with one attached hydrogen (secondary N) is 1. The number of amides is 2. The van der Waals surface area contributed by atoms with Gasteiger partial charge in [-0.05, 0) is 18.1 Å². The molecule has 0 aromatic heterocycles. The summed E-state index contributed by atoms with van der Waals surface area (Å²) in [5, 5.41) is 11.4. The van der Waals surface area contributed by atoms with Gasteiger partial charge in [0.25, 0.3) is 0 Å². The Hall–Kier alpha value is -1.95. The first-order valence-electron chi connectivity index (χ1n) is 6.27. The lowest BCUT2D eigenvalue weighted by molar-refractivity contribution is 0.184. The Morgan fingerprint density at radius 3 is 2.80 bits per heavy atom. The van der Waals surface area contributed by atoms with E-state index in [0.29, 0.717) is 12.1 Å². The number of hydrogen-bond donors (Lipinski definition) is 2. The summed E-state index contributed by atoms with van der Waals surface area (Å²) in [4.78, 5) is 13.1. The van der Waals surface area contributed by atoms with Gasteiger partial charge < -0.3 is 15.3 Å². The second kappa shape index (κ2) is 8.27. The van der Waals surface area contributed by atoms with Crippen molar-refractivity contribution in [3.63, 3.8) is 0 Å². The summed E-state index contributed by atoms with van der Waals surface area (Å²) in [5.41, 5.74) is 0.337. The number of carbonyl (C=O) groups excluding carboxylic acids is 1. The van der Waals surface area contributed by atoms with E-state index in [1.165, 1.54) is 17.0 Å². The maximum atomic E-state index is 13.4. The molecule has 1 aromatic carbocycles. The van der Waals surface area contributed by atoms with Crippen LogP contribution in [0.1, 0.15) is 5.56 Å². The van der Waals surface area contributed by atoms with Gasteiger partial charge in [0.15, 0.2) is 0 Å². The van der Waals surface area contributed by atoms with Crippen molar-refractivity contribution in [2.45, 2.75) is 6.42 Å². The first-order chi connectivity index (χ1) is 9.58. The van der Waals surface area contributed by atoms with E-state index in [1.54, 1.807) is 6.08 Å². The Kier molecular flexibility index (Phi) is 6.66. The molecule has 0 fully saturated rings. The number of benzene rings is 1. The number of urea groups is 1. The number of carbonyl (C=O) groups is 1. The van der Waals surface area contributed by atoms with Gasteiger partial charge in [-0.2, -0.15) is 0 Å². The highest BCUT2D eigenvalue weighted by Crippen LogP contribution is 2.09. The summed E-state index contributed by atoms with van der Waals surface area (Å²) in [6.45, 7) is 4.12. The Morgan fingerprint density at radius 2 is 2.20 bits per heavy atom.